The third kappa shape index (κ3) is 8.76. The average molecular weight is 473 g/mol. The fourth-order valence-electron chi connectivity index (χ4n) is 4.16. The Morgan fingerprint density at radius 3 is 2.35 bits per heavy atom. The second kappa shape index (κ2) is 14.3. The monoisotopic (exact) mass is 472 g/mol. The molecule has 186 valence electrons. The summed E-state index contributed by atoms with van der Waals surface area (Å²) in [6.45, 7) is 8.63. The minimum Gasteiger partial charge on any atom is -0.543 e. The smallest absolute Gasteiger partial charge is 0.309 e. The van der Waals surface area contributed by atoms with E-state index in [9.17, 15) is 4.79 Å². The number of nitrogens with one attached hydrogen (secondary N) is 1. The van der Waals surface area contributed by atoms with Gasteiger partial charge in [0.25, 0.3) is 0 Å². The van der Waals surface area contributed by atoms with Crippen molar-refractivity contribution in [2.45, 2.75) is 45.6 Å². The highest BCUT2D eigenvalue weighted by molar-refractivity contribution is 6.25. The minimum absolute atomic E-state index is 0.0741. The van der Waals surface area contributed by atoms with Crippen LogP contribution in [0.4, 0.5) is 0 Å². The van der Waals surface area contributed by atoms with E-state index in [-0.39, 0.29) is 18.0 Å². The van der Waals surface area contributed by atoms with Crippen LogP contribution in [-0.4, -0.2) is 56.9 Å². The van der Waals surface area contributed by atoms with Gasteiger partial charge in [0, 0.05) is 6.61 Å². The first-order valence-corrected chi connectivity index (χ1v) is 11.9. The third-order valence-corrected chi connectivity index (χ3v) is 6.12. The van der Waals surface area contributed by atoms with Crippen LogP contribution in [0, 0.1) is 5.92 Å². The van der Waals surface area contributed by atoms with Crippen molar-refractivity contribution in [2.75, 3.05) is 32.8 Å². The molecule has 2 atom stereocenters. The first-order chi connectivity index (χ1) is 16.3. The van der Waals surface area contributed by atoms with Gasteiger partial charge in [-0.05, 0) is 55.9 Å². The molecular formula is C26H34NO7-. The summed E-state index contributed by atoms with van der Waals surface area (Å²) in [5.41, 5.74) is 1.22. The van der Waals surface area contributed by atoms with Crippen molar-refractivity contribution in [3.8, 4) is 0 Å². The lowest BCUT2D eigenvalue weighted by atomic mass is 9.90. The Morgan fingerprint density at radius 1 is 1.06 bits per heavy atom. The molecule has 0 spiro atoms. The van der Waals surface area contributed by atoms with Gasteiger partial charge in [0.05, 0.1) is 37.0 Å². The van der Waals surface area contributed by atoms with Gasteiger partial charge in [0.1, 0.15) is 13.2 Å². The van der Waals surface area contributed by atoms with E-state index in [1.54, 1.807) is 0 Å². The van der Waals surface area contributed by atoms with Crippen LogP contribution >= 0.6 is 0 Å². The SMILES string of the molecule is CC[NH+](CC)CCOC(=O)C(Cc1cccc2ccccc12)CC1CCCO1.O=C([O-])C(=O)[O-]. The summed E-state index contributed by atoms with van der Waals surface area (Å²) in [5.74, 6) is -4.60. The van der Waals surface area contributed by atoms with Crippen molar-refractivity contribution in [2.24, 2.45) is 5.92 Å². The highest BCUT2D eigenvalue weighted by Gasteiger charge is 2.28. The maximum absolute atomic E-state index is 12.9. The Morgan fingerprint density at radius 2 is 1.74 bits per heavy atom. The van der Waals surface area contributed by atoms with Gasteiger partial charge >= 0.3 is 5.97 Å². The van der Waals surface area contributed by atoms with E-state index in [0.29, 0.717) is 13.0 Å². The molecule has 3 rings (SSSR count). The van der Waals surface area contributed by atoms with Gasteiger partial charge in [-0.3, -0.25) is 4.79 Å². The summed E-state index contributed by atoms with van der Waals surface area (Å²) in [7, 11) is 0. The number of carbonyl (C=O) groups is 3. The van der Waals surface area contributed by atoms with Crippen LogP contribution in [0.2, 0.25) is 0 Å². The van der Waals surface area contributed by atoms with Gasteiger partial charge < -0.3 is 34.2 Å². The van der Waals surface area contributed by atoms with Crippen LogP contribution in [0.25, 0.3) is 10.8 Å². The van der Waals surface area contributed by atoms with Gasteiger partial charge in [0.2, 0.25) is 0 Å². The molecule has 0 radical (unpaired) electrons. The summed E-state index contributed by atoms with van der Waals surface area (Å²) in [5, 5.41) is 20.3. The predicted octanol–water partition coefficient (Wildman–Crippen LogP) is -0.478. The quantitative estimate of drug-likeness (QED) is 0.366. The average Bonchev–Trinajstić information content (AvgIpc) is 3.35. The zero-order chi connectivity index (χ0) is 24.9. The number of rotatable bonds is 10. The van der Waals surface area contributed by atoms with Gasteiger partial charge in [-0.2, -0.15) is 0 Å². The predicted molar refractivity (Wildman–Crippen MR) is 123 cm³/mol. The number of likely N-dealkylation sites (N-methyl/N-ethyl adjacent to an activating group) is 1. The topological polar surface area (TPSA) is 120 Å². The van der Waals surface area contributed by atoms with E-state index in [2.05, 4.69) is 56.3 Å². The van der Waals surface area contributed by atoms with Crippen molar-refractivity contribution in [3.05, 3.63) is 48.0 Å². The first kappa shape index (κ1) is 27.3. The van der Waals surface area contributed by atoms with E-state index in [4.69, 9.17) is 29.3 Å². The highest BCUT2D eigenvalue weighted by atomic mass is 16.5. The number of quaternary nitrogens is 1. The lowest BCUT2D eigenvalue weighted by Gasteiger charge is -2.21. The Labute approximate surface area is 200 Å². The number of esters is 1. The summed E-state index contributed by atoms with van der Waals surface area (Å²) in [6.07, 6.45) is 3.77. The van der Waals surface area contributed by atoms with Gasteiger partial charge in [0.15, 0.2) is 0 Å². The molecular weight excluding hydrogens is 438 g/mol. The number of carbonyl (C=O) groups excluding carboxylic acids is 3. The lowest BCUT2D eigenvalue weighted by molar-refractivity contribution is -0.896. The number of hydrogen-bond acceptors (Lipinski definition) is 7. The van der Waals surface area contributed by atoms with E-state index < -0.39 is 11.9 Å². The number of carboxylic acid groups (broad SMARTS) is 2. The molecule has 0 aliphatic carbocycles. The largest absolute Gasteiger partial charge is 0.543 e. The molecule has 8 nitrogen and oxygen atoms in total. The molecule has 1 heterocycles. The standard InChI is InChI=1S/C24H33NO3.C2H2O4/c1-3-25(4-2)14-16-28-24(26)21(18-22-12-8-15-27-22)17-20-11-7-10-19-9-5-6-13-23(19)20;3-1(4)2(5)6/h5-7,9-11,13,21-22H,3-4,8,12,14-18H2,1-2H3;(H,3,4)(H,5,6)/p-1. The Balaban J connectivity index is 0.000000604. The van der Waals surface area contributed by atoms with E-state index >= 15 is 0 Å². The molecule has 0 saturated carbocycles. The van der Waals surface area contributed by atoms with Crippen molar-refractivity contribution >= 4 is 28.7 Å². The number of carboxylic acids is 2. The van der Waals surface area contributed by atoms with Gasteiger partial charge in [-0.15, -0.1) is 0 Å². The highest BCUT2D eigenvalue weighted by Crippen LogP contribution is 2.27. The molecule has 0 aromatic heterocycles. The summed E-state index contributed by atoms with van der Waals surface area (Å²) in [4.78, 5) is 32.3. The van der Waals surface area contributed by atoms with Gasteiger partial charge in [-0.1, -0.05) is 42.5 Å². The van der Waals surface area contributed by atoms with Crippen LogP contribution in [0.1, 0.15) is 38.7 Å². The van der Waals surface area contributed by atoms with Crippen LogP contribution in [0.5, 0.6) is 0 Å². The fraction of sp³-hybridized carbons (Fsp3) is 0.500. The lowest BCUT2D eigenvalue weighted by Crippen LogP contribution is -3.11. The Kier molecular flexibility index (Phi) is 11.5. The normalized spacial score (nSPS) is 16.0. The maximum atomic E-state index is 12.9. The molecule has 8 heteroatoms. The van der Waals surface area contributed by atoms with Crippen LogP contribution in [-0.2, 0) is 30.3 Å². The fourth-order valence-corrected chi connectivity index (χ4v) is 4.16. The molecule has 34 heavy (non-hydrogen) atoms. The molecule has 0 bridgehead atoms. The third-order valence-electron chi connectivity index (χ3n) is 6.12. The van der Waals surface area contributed by atoms with Gasteiger partial charge in [-0.25, -0.2) is 0 Å². The summed E-state index contributed by atoms with van der Waals surface area (Å²) < 4.78 is 11.5. The molecule has 0 amide bonds. The minimum atomic E-state index is -2.19. The molecule has 1 fully saturated rings. The molecule has 1 saturated heterocycles. The van der Waals surface area contributed by atoms with E-state index in [1.165, 1.54) is 21.2 Å². The summed E-state index contributed by atoms with van der Waals surface area (Å²) >= 11 is 0. The Hall–Kier alpha value is -2.97. The molecule has 2 aromatic carbocycles. The number of ether oxygens (including phenoxy) is 2. The van der Waals surface area contributed by atoms with Crippen molar-refractivity contribution in [1.29, 1.82) is 0 Å². The summed E-state index contributed by atoms with van der Waals surface area (Å²) in [6, 6.07) is 14.7. The first-order valence-electron chi connectivity index (χ1n) is 11.9. The molecule has 1 aliphatic heterocycles. The van der Waals surface area contributed by atoms with Crippen LogP contribution < -0.4 is 15.1 Å². The van der Waals surface area contributed by atoms with Crippen molar-refractivity contribution in [3.63, 3.8) is 0 Å². The number of aliphatic carboxylic acids is 2. The van der Waals surface area contributed by atoms with Crippen molar-refractivity contribution in [1.82, 2.24) is 0 Å². The number of fused-ring (bicyclic) bond motifs is 1. The van der Waals surface area contributed by atoms with Crippen molar-refractivity contribution < 1.29 is 39.0 Å². The molecule has 1 aliphatic rings. The molecule has 2 aromatic rings. The molecule has 2 unspecified atom stereocenters. The zero-order valence-electron chi connectivity index (χ0n) is 19.9. The van der Waals surface area contributed by atoms with Crippen LogP contribution in [0.3, 0.4) is 0 Å². The van der Waals surface area contributed by atoms with E-state index in [1.807, 2.05) is 0 Å². The second-order valence-corrected chi connectivity index (χ2v) is 8.36. The Bertz CT molecular complexity index is 918. The number of hydrogen-bond donors (Lipinski definition) is 1. The zero-order valence-corrected chi connectivity index (χ0v) is 19.9. The number of benzene rings is 2. The maximum Gasteiger partial charge on any atom is 0.309 e. The van der Waals surface area contributed by atoms with E-state index in [0.717, 1.165) is 45.5 Å². The van der Waals surface area contributed by atoms with Crippen LogP contribution in [0.15, 0.2) is 42.5 Å². The second-order valence-electron chi connectivity index (χ2n) is 8.36. The molecule has 1 N–H and O–H groups in total.